The number of ether oxygens (including phenoxy) is 1. The van der Waals surface area contributed by atoms with Crippen molar-refractivity contribution in [2.75, 3.05) is 0 Å². The van der Waals surface area contributed by atoms with Crippen LogP contribution in [0.25, 0.3) is 10.9 Å². The van der Waals surface area contributed by atoms with Gasteiger partial charge in [-0.2, -0.15) is 0 Å². The van der Waals surface area contributed by atoms with Gasteiger partial charge in [0.1, 0.15) is 5.60 Å². The Morgan fingerprint density at radius 3 is 2.74 bits per heavy atom. The fraction of sp³-hybridized carbons (Fsp3) is 0.286. The summed E-state index contributed by atoms with van der Waals surface area (Å²) in [5.74, 6) is 0. The highest BCUT2D eigenvalue weighted by atomic mass is 16.6. The normalized spacial score (nSPS) is 12.2. The lowest BCUT2D eigenvalue weighted by atomic mass is 10.2. The van der Waals surface area contributed by atoms with Gasteiger partial charge < -0.3 is 9.94 Å². The number of nitrogens with zero attached hydrogens (tertiary/aromatic N) is 2. The Kier molecular flexibility index (Phi) is 3.29. The average molecular weight is 260 g/mol. The first-order valence-corrected chi connectivity index (χ1v) is 5.92. The summed E-state index contributed by atoms with van der Waals surface area (Å²) in [5.41, 5.74) is 0.878. The summed E-state index contributed by atoms with van der Waals surface area (Å²) in [4.78, 5) is 12.1. The Morgan fingerprint density at radius 1 is 1.37 bits per heavy atom. The molecule has 19 heavy (non-hydrogen) atoms. The molecule has 0 bridgehead atoms. The van der Waals surface area contributed by atoms with Crippen molar-refractivity contribution in [2.24, 2.45) is 5.16 Å². The topological polar surface area (TPSA) is 63.8 Å². The number of carbonyl (C=O) groups excluding carboxylic acids is 1. The van der Waals surface area contributed by atoms with E-state index in [9.17, 15) is 4.79 Å². The van der Waals surface area contributed by atoms with E-state index in [1.807, 2.05) is 39.0 Å². The van der Waals surface area contributed by atoms with Crippen LogP contribution in [0, 0.1) is 0 Å². The van der Waals surface area contributed by atoms with Crippen LogP contribution < -0.4 is 0 Å². The molecule has 0 saturated heterocycles. The predicted octanol–water partition coefficient (Wildman–Crippen LogP) is 3.23. The smallest absolute Gasteiger partial charge is 0.418 e. The lowest BCUT2D eigenvalue weighted by Crippen LogP contribution is -2.26. The van der Waals surface area contributed by atoms with Crippen LogP contribution in [0.5, 0.6) is 0 Å². The van der Waals surface area contributed by atoms with E-state index in [1.54, 1.807) is 12.3 Å². The van der Waals surface area contributed by atoms with Crippen molar-refractivity contribution in [3.63, 3.8) is 0 Å². The fourth-order valence-corrected chi connectivity index (χ4v) is 1.76. The maximum absolute atomic E-state index is 12.1. The molecule has 0 unspecified atom stereocenters. The average Bonchev–Trinajstić information content (AvgIpc) is 2.70. The number of rotatable bonds is 1. The molecule has 0 amide bonds. The molecule has 0 aliphatic heterocycles. The molecule has 0 fully saturated rings. The molecule has 0 radical (unpaired) electrons. The summed E-state index contributed by atoms with van der Waals surface area (Å²) >= 11 is 0. The van der Waals surface area contributed by atoms with E-state index in [1.165, 1.54) is 10.8 Å². The van der Waals surface area contributed by atoms with Gasteiger partial charge in [0.2, 0.25) is 0 Å². The molecule has 0 aliphatic carbocycles. The molecular formula is C14H16N2O3. The minimum atomic E-state index is -0.544. The van der Waals surface area contributed by atoms with Crippen molar-refractivity contribution >= 4 is 23.2 Å². The highest BCUT2D eigenvalue weighted by Gasteiger charge is 2.18. The summed E-state index contributed by atoms with van der Waals surface area (Å²) in [7, 11) is 0. The second kappa shape index (κ2) is 4.76. The van der Waals surface area contributed by atoms with Crippen molar-refractivity contribution in [1.29, 1.82) is 0 Å². The molecule has 5 heteroatoms. The molecule has 1 aromatic heterocycles. The van der Waals surface area contributed by atoms with Crippen LogP contribution >= 0.6 is 0 Å². The fourth-order valence-electron chi connectivity index (χ4n) is 1.76. The summed E-state index contributed by atoms with van der Waals surface area (Å²) in [5, 5.41) is 12.4. The number of aromatic nitrogens is 1. The van der Waals surface area contributed by atoms with E-state index in [0.29, 0.717) is 11.1 Å². The maximum Gasteiger partial charge on any atom is 0.418 e. The van der Waals surface area contributed by atoms with Crippen LogP contribution in [0.3, 0.4) is 0 Å². The lowest BCUT2D eigenvalue weighted by molar-refractivity contribution is 0.0544. The third-order valence-electron chi connectivity index (χ3n) is 2.51. The Morgan fingerprint density at radius 2 is 2.11 bits per heavy atom. The van der Waals surface area contributed by atoms with Crippen LogP contribution in [0.15, 0.2) is 35.6 Å². The SMILES string of the molecule is CC(C)(C)OC(=O)n1ccc2ccc(/C=N/O)cc21. The molecule has 2 aromatic rings. The zero-order valence-electron chi connectivity index (χ0n) is 11.1. The number of fused-ring (bicyclic) bond motifs is 1. The molecule has 0 atom stereocenters. The second-order valence-electron chi connectivity index (χ2n) is 5.23. The number of carbonyl (C=O) groups is 1. The van der Waals surface area contributed by atoms with Gasteiger partial charge >= 0.3 is 6.09 Å². The first-order valence-electron chi connectivity index (χ1n) is 5.92. The van der Waals surface area contributed by atoms with Crippen LogP contribution in [-0.2, 0) is 4.74 Å². The van der Waals surface area contributed by atoms with Crippen molar-refractivity contribution in [1.82, 2.24) is 4.57 Å². The van der Waals surface area contributed by atoms with Crippen molar-refractivity contribution < 1.29 is 14.7 Å². The van der Waals surface area contributed by atoms with Gasteiger partial charge in [0.05, 0.1) is 11.7 Å². The number of benzene rings is 1. The van der Waals surface area contributed by atoms with Gasteiger partial charge in [0.25, 0.3) is 0 Å². The number of hydrogen-bond acceptors (Lipinski definition) is 4. The predicted molar refractivity (Wildman–Crippen MR) is 73.0 cm³/mol. The van der Waals surface area contributed by atoms with Crippen LogP contribution in [0.1, 0.15) is 26.3 Å². The van der Waals surface area contributed by atoms with E-state index in [0.717, 1.165) is 5.39 Å². The largest absolute Gasteiger partial charge is 0.443 e. The zero-order valence-corrected chi connectivity index (χ0v) is 11.1. The molecule has 1 heterocycles. The van der Waals surface area contributed by atoms with Crippen molar-refractivity contribution in [2.45, 2.75) is 26.4 Å². The third kappa shape index (κ3) is 2.93. The molecule has 0 saturated carbocycles. The Labute approximate surface area is 111 Å². The van der Waals surface area contributed by atoms with E-state index < -0.39 is 11.7 Å². The number of oxime groups is 1. The zero-order chi connectivity index (χ0) is 14.0. The van der Waals surface area contributed by atoms with Gasteiger partial charge in [-0.3, -0.25) is 4.57 Å². The monoisotopic (exact) mass is 260 g/mol. The van der Waals surface area contributed by atoms with Crippen LogP contribution in [0.2, 0.25) is 0 Å². The summed E-state index contributed by atoms with van der Waals surface area (Å²) < 4.78 is 6.77. The van der Waals surface area contributed by atoms with Crippen molar-refractivity contribution in [3.05, 3.63) is 36.0 Å². The number of hydrogen-bond donors (Lipinski definition) is 1. The van der Waals surface area contributed by atoms with Gasteiger partial charge in [-0.25, -0.2) is 4.79 Å². The van der Waals surface area contributed by atoms with Crippen molar-refractivity contribution in [3.8, 4) is 0 Å². The summed E-state index contributed by atoms with van der Waals surface area (Å²) in [6.45, 7) is 5.46. The minimum Gasteiger partial charge on any atom is -0.443 e. The maximum atomic E-state index is 12.1. The molecule has 100 valence electrons. The van der Waals surface area contributed by atoms with E-state index in [-0.39, 0.29) is 0 Å². The highest BCUT2D eigenvalue weighted by Crippen LogP contribution is 2.19. The van der Waals surface area contributed by atoms with E-state index in [2.05, 4.69) is 5.16 Å². The van der Waals surface area contributed by atoms with Crippen LogP contribution in [0.4, 0.5) is 4.79 Å². The lowest BCUT2D eigenvalue weighted by Gasteiger charge is -2.19. The molecule has 2 rings (SSSR count). The summed E-state index contributed by atoms with van der Waals surface area (Å²) in [6, 6.07) is 7.26. The van der Waals surface area contributed by atoms with Gasteiger partial charge in [-0.1, -0.05) is 17.3 Å². The quantitative estimate of drug-likeness (QED) is 0.486. The standard InChI is InChI=1S/C14H16N2O3/c1-14(2,3)19-13(17)16-7-6-11-5-4-10(9-15-18)8-12(11)16/h4-9,18H,1-3H3/b15-9+. The Hall–Kier alpha value is -2.30. The Balaban J connectivity index is 2.43. The van der Waals surface area contributed by atoms with Crippen LogP contribution in [-0.4, -0.2) is 27.7 Å². The first kappa shape index (κ1) is 13.1. The molecule has 1 N–H and O–H groups in total. The van der Waals surface area contributed by atoms with Gasteiger partial charge in [-0.05, 0) is 38.5 Å². The molecular weight excluding hydrogens is 244 g/mol. The first-order chi connectivity index (χ1) is 8.90. The van der Waals surface area contributed by atoms with Gasteiger partial charge in [0.15, 0.2) is 0 Å². The molecule has 1 aromatic carbocycles. The third-order valence-corrected chi connectivity index (χ3v) is 2.51. The highest BCUT2D eigenvalue weighted by molar-refractivity contribution is 5.93. The van der Waals surface area contributed by atoms with E-state index in [4.69, 9.17) is 9.94 Å². The summed E-state index contributed by atoms with van der Waals surface area (Å²) in [6.07, 6.45) is 2.55. The van der Waals surface area contributed by atoms with E-state index >= 15 is 0 Å². The van der Waals surface area contributed by atoms with Gasteiger partial charge in [-0.15, -0.1) is 0 Å². The Bertz CT molecular complexity index is 636. The van der Waals surface area contributed by atoms with Gasteiger partial charge in [0, 0.05) is 11.6 Å². The second-order valence-corrected chi connectivity index (χ2v) is 5.23. The molecule has 5 nitrogen and oxygen atoms in total. The molecule has 0 aliphatic rings. The minimum absolute atomic E-state index is 0.430. The molecule has 0 spiro atoms.